The van der Waals surface area contributed by atoms with Gasteiger partial charge in [0.2, 0.25) is 11.8 Å². The number of hydrogen-bond donors (Lipinski definition) is 1. The molecule has 21 heavy (non-hydrogen) atoms. The van der Waals surface area contributed by atoms with E-state index in [1.807, 2.05) is 44.2 Å². The fraction of sp³-hybridized carbons (Fsp3) is 0.412. The van der Waals surface area contributed by atoms with Crippen LogP contribution in [-0.4, -0.2) is 22.8 Å². The van der Waals surface area contributed by atoms with Crippen LogP contribution in [0.2, 0.25) is 0 Å². The average molecular weight is 286 g/mol. The Morgan fingerprint density at radius 2 is 2.05 bits per heavy atom. The summed E-state index contributed by atoms with van der Waals surface area (Å²) in [5, 5.41) is 2.97. The zero-order valence-electron chi connectivity index (χ0n) is 12.8. The second kappa shape index (κ2) is 6.57. The van der Waals surface area contributed by atoms with E-state index in [2.05, 4.69) is 5.32 Å². The molecule has 0 spiro atoms. The molecular formula is C17H22N2O2. The van der Waals surface area contributed by atoms with E-state index in [4.69, 9.17) is 0 Å². The maximum Gasteiger partial charge on any atom is 0.223 e. The quantitative estimate of drug-likeness (QED) is 0.925. The molecule has 2 unspecified atom stereocenters. The summed E-state index contributed by atoms with van der Waals surface area (Å²) < 4.78 is 0. The Labute approximate surface area is 125 Å². The monoisotopic (exact) mass is 286 g/mol. The Balaban J connectivity index is 2.22. The topological polar surface area (TPSA) is 49.4 Å². The third-order valence-corrected chi connectivity index (χ3v) is 3.87. The van der Waals surface area contributed by atoms with Gasteiger partial charge in [-0.25, -0.2) is 0 Å². The summed E-state index contributed by atoms with van der Waals surface area (Å²) in [7, 11) is 0. The lowest BCUT2D eigenvalue weighted by Gasteiger charge is -2.32. The van der Waals surface area contributed by atoms with Crippen molar-refractivity contribution in [1.29, 1.82) is 0 Å². The number of carbonyl (C=O) groups excluding carboxylic acids is 2. The Kier molecular flexibility index (Phi) is 4.78. The van der Waals surface area contributed by atoms with E-state index in [1.54, 1.807) is 11.1 Å². The smallest absolute Gasteiger partial charge is 0.223 e. The van der Waals surface area contributed by atoms with Crippen LogP contribution in [-0.2, 0) is 9.59 Å². The third-order valence-electron chi connectivity index (χ3n) is 3.87. The van der Waals surface area contributed by atoms with Gasteiger partial charge in [-0.2, -0.15) is 0 Å². The predicted octanol–water partition coefficient (Wildman–Crippen LogP) is 2.87. The van der Waals surface area contributed by atoms with Crippen molar-refractivity contribution in [2.24, 2.45) is 0 Å². The van der Waals surface area contributed by atoms with Gasteiger partial charge in [-0.3, -0.25) is 9.59 Å². The maximum atomic E-state index is 12.2. The van der Waals surface area contributed by atoms with E-state index in [0.717, 1.165) is 17.5 Å². The number of benzene rings is 1. The van der Waals surface area contributed by atoms with Crippen LogP contribution in [0.3, 0.4) is 0 Å². The molecule has 2 amide bonds. The molecule has 0 saturated carbocycles. The first kappa shape index (κ1) is 15.3. The molecule has 4 heteroatoms. The second-order valence-electron chi connectivity index (χ2n) is 5.47. The first-order chi connectivity index (χ1) is 10.0. The largest absolute Gasteiger partial charge is 0.354 e. The van der Waals surface area contributed by atoms with E-state index in [1.165, 1.54) is 6.92 Å². The minimum Gasteiger partial charge on any atom is -0.354 e. The number of fused-ring (bicyclic) bond motifs is 1. The van der Waals surface area contributed by atoms with Gasteiger partial charge in [0.1, 0.15) is 0 Å². The van der Waals surface area contributed by atoms with Crippen LogP contribution in [0.25, 0.3) is 6.08 Å². The highest BCUT2D eigenvalue weighted by Crippen LogP contribution is 2.32. The van der Waals surface area contributed by atoms with Crippen LogP contribution in [0.5, 0.6) is 0 Å². The second-order valence-corrected chi connectivity index (χ2v) is 5.47. The van der Waals surface area contributed by atoms with Crippen LogP contribution in [0.1, 0.15) is 50.8 Å². The van der Waals surface area contributed by atoms with E-state index in [-0.39, 0.29) is 30.3 Å². The van der Waals surface area contributed by atoms with Gasteiger partial charge in [0.25, 0.3) is 0 Å². The lowest BCUT2D eigenvalue weighted by molar-refractivity contribution is -0.130. The summed E-state index contributed by atoms with van der Waals surface area (Å²) in [5.41, 5.74) is 2.09. The Hall–Kier alpha value is -2.10. The van der Waals surface area contributed by atoms with Gasteiger partial charge in [0.15, 0.2) is 0 Å². The van der Waals surface area contributed by atoms with Crippen LogP contribution < -0.4 is 5.32 Å². The molecule has 2 rings (SSSR count). The number of nitrogens with one attached hydrogen (secondary N) is 1. The lowest BCUT2D eigenvalue weighted by atomic mass is 9.93. The third kappa shape index (κ3) is 3.51. The van der Waals surface area contributed by atoms with E-state index >= 15 is 0 Å². The molecule has 0 radical (unpaired) electrons. The number of carbonyl (C=O) groups is 2. The number of rotatable bonds is 4. The molecule has 1 N–H and O–H groups in total. The number of amides is 2. The van der Waals surface area contributed by atoms with Crippen molar-refractivity contribution in [2.45, 2.75) is 45.7 Å². The van der Waals surface area contributed by atoms with Gasteiger partial charge in [-0.1, -0.05) is 31.2 Å². The van der Waals surface area contributed by atoms with Gasteiger partial charge in [-0.05, 0) is 30.5 Å². The van der Waals surface area contributed by atoms with E-state index in [0.29, 0.717) is 0 Å². The van der Waals surface area contributed by atoms with E-state index < -0.39 is 0 Å². The highest BCUT2D eigenvalue weighted by atomic mass is 16.2. The van der Waals surface area contributed by atoms with Crippen LogP contribution in [0.15, 0.2) is 30.5 Å². The standard InChI is InChI=1S/C17H22N2O2/c1-4-12(2)18-17(21)11-16-15-8-6-5-7-14(15)9-10-19(16)13(3)20/h5-10,12,16H,4,11H2,1-3H3,(H,18,21). The SMILES string of the molecule is CCC(C)NC(=O)CC1c2ccccc2C=CN1C(C)=O. The molecular weight excluding hydrogens is 264 g/mol. The fourth-order valence-electron chi connectivity index (χ4n) is 2.52. The minimum atomic E-state index is -0.229. The van der Waals surface area contributed by atoms with Crippen molar-refractivity contribution in [1.82, 2.24) is 10.2 Å². The Morgan fingerprint density at radius 3 is 2.71 bits per heavy atom. The maximum absolute atomic E-state index is 12.2. The zero-order chi connectivity index (χ0) is 15.4. The highest BCUT2D eigenvalue weighted by Gasteiger charge is 2.28. The molecule has 0 bridgehead atoms. The first-order valence-electron chi connectivity index (χ1n) is 7.38. The molecule has 112 valence electrons. The summed E-state index contributed by atoms with van der Waals surface area (Å²) in [6.07, 6.45) is 4.86. The minimum absolute atomic E-state index is 0.0225. The molecule has 0 aromatic heterocycles. The zero-order valence-corrected chi connectivity index (χ0v) is 12.8. The highest BCUT2D eigenvalue weighted by molar-refractivity contribution is 5.81. The molecule has 0 fully saturated rings. The fourth-order valence-corrected chi connectivity index (χ4v) is 2.52. The van der Waals surface area contributed by atoms with Crippen molar-refractivity contribution in [3.8, 4) is 0 Å². The van der Waals surface area contributed by atoms with Crippen LogP contribution in [0.4, 0.5) is 0 Å². The molecule has 1 heterocycles. The molecule has 1 aliphatic heterocycles. The summed E-state index contributed by atoms with van der Waals surface area (Å²) in [4.78, 5) is 25.6. The van der Waals surface area contributed by atoms with Crippen molar-refractivity contribution in [3.05, 3.63) is 41.6 Å². The molecule has 0 aliphatic carbocycles. The van der Waals surface area contributed by atoms with Gasteiger partial charge < -0.3 is 10.2 Å². The summed E-state index contributed by atoms with van der Waals surface area (Å²) in [5.74, 6) is -0.0761. The van der Waals surface area contributed by atoms with Crippen LogP contribution >= 0.6 is 0 Å². The number of hydrogen-bond acceptors (Lipinski definition) is 2. The van der Waals surface area contributed by atoms with Gasteiger partial charge in [-0.15, -0.1) is 0 Å². The Morgan fingerprint density at radius 1 is 1.33 bits per heavy atom. The molecule has 1 aromatic rings. The van der Waals surface area contributed by atoms with Gasteiger partial charge >= 0.3 is 0 Å². The van der Waals surface area contributed by atoms with Gasteiger partial charge in [0, 0.05) is 19.2 Å². The molecule has 1 aromatic carbocycles. The molecule has 0 saturated heterocycles. The van der Waals surface area contributed by atoms with Crippen molar-refractivity contribution < 1.29 is 9.59 Å². The summed E-state index contributed by atoms with van der Waals surface area (Å²) >= 11 is 0. The molecule has 1 aliphatic rings. The lowest BCUT2D eigenvalue weighted by Crippen LogP contribution is -2.37. The normalized spacial score (nSPS) is 18.0. The van der Waals surface area contributed by atoms with Gasteiger partial charge in [0.05, 0.1) is 12.5 Å². The molecule has 4 nitrogen and oxygen atoms in total. The predicted molar refractivity (Wildman–Crippen MR) is 83.2 cm³/mol. The Bertz CT molecular complexity index is 566. The summed E-state index contributed by atoms with van der Waals surface area (Å²) in [6, 6.07) is 7.81. The summed E-state index contributed by atoms with van der Waals surface area (Å²) in [6.45, 7) is 5.54. The van der Waals surface area contributed by atoms with Crippen molar-refractivity contribution in [2.75, 3.05) is 0 Å². The average Bonchev–Trinajstić information content (AvgIpc) is 2.47. The van der Waals surface area contributed by atoms with Crippen molar-refractivity contribution in [3.63, 3.8) is 0 Å². The number of nitrogens with zero attached hydrogens (tertiary/aromatic N) is 1. The van der Waals surface area contributed by atoms with Crippen molar-refractivity contribution >= 4 is 17.9 Å². The molecule has 2 atom stereocenters. The van der Waals surface area contributed by atoms with E-state index in [9.17, 15) is 9.59 Å². The van der Waals surface area contributed by atoms with Crippen LogP contribution in [0, 0.1) is 0 Å². The first-order valence-corrected chi connectivity index (χ1v) is 7.38.